The first-order chi connectivity index (χ1) is 12.1. The lowest BCUT2D eigenvalue weighted by atomic mass is 10.1. The molecule has 0 aliphatic carbocycles. The van der Waals surface area contributed by atoms with E-state index in [0.717, 1.165) is 36.0 Å². The summed E-state index contributed by atoms with van der Waals surface area (Å²) in [5.74, 6) is 0.647. The van der Waals surface area contributed by atoms with E-state index in [1.807, 2.05) is 19.1 Å². The SMILES string of the molecule is Cc1nc(COc2ccc(Cl)cc2)sc1C(=O)NCC1=CCNCC1. The molecule has 1 aromatic heterocycles. The molecule has 0 spiro atoms. The lowest BCUT2D eigenvalue weighted by molar-refractivity contribution is 0.0960. The van der Waals surface area contributed by atoms with Crippen molar-refractivity contribution in [2.75, 3.05) is 19.6 Å². The first-order valence-electron chi connectivity index (χ1n) is 8.13. The summed E-state index contributed by atoms with van der Waals surface area (Å²) in [4.78, 5) is 17.5. The number of amides is 1. The van der Waals surface area contributed by atoms with Crippen molar-refractivity contribution in [2.24, 2.45) is 0 Å². The maximum Gasteiger partial charge on any atom is 0.263 e. The number of hydrogen-bond acceptors (Lipinski definition) is 5. The number of rotatable bonds is 6. The van der Waals surface area contributed by atoms with E-state index in [-0.39, 0.29) is 5.91 Å². The van der Waals surface area contributed by atoms with Crippen molar-refractivity contribution in [1.29, 1.82) is 0 Å². The maximum atomic E-state index is 12.4. The number of aryl methyl sites for hydroxylation is 1. The van der Waals surface area contributed by atoms with Crippen molar-refractivity contribution in [1.82, 2.24) is 15.6 Å². The summed E-state index contributed by atoms with van der Waals surface area (Å²) in [6.45, 7) is 4.61. The summed E-state index contributed by atoms with van der Waals surface area (Å²) >= 11 is 7.23. The van der Waals surface area contributed by atoms with E-state index in [4.69, 9.17) is 16.3 Å². The van der Waals surface area contributed by atoms with Gasteiger partial charge >= 0.3 is 0 Å². The van der Waals surface area contributed by atoms with Crippen LogP contribution in [-0.4, -0.2) is 30.5 Å². The summed E-state index contributed by atoms with van der Waals surface area (Å²) in [6.07, 6.45) is 3.11. The van der Waals surface area contributed by atoms with Gasteiger partial charge in [0.15, 0.2) is 0 Å². The van der Waals surface area contributed by atoms with Gasteiger partial charge in [-0.3, -0.25) is 4.79 Å². The Morgan fingerprint density at radius 2 is 2.20 bits per heavy atom. The van der Waals surface area contributed by atoms with Crippen LogP contribution >= 0.6 is 22.9 Å². The van der Waals surface area contributed by atoms with E-state index in [9.17, 15) is 4.79 Å². The Labute approximate surface area is 156 Å². The number of nitrogens with zero attached hydrogens (tertiary/aromatic N) is 1. The molecule has 3 rings (SSSR count). The summed E-state index contributed by atoms with van der Waals surface area (Å²) in [7, 11) is 0. The quantitative estimate of drug-likeness (QED) is 0.758. The average Bonchev–Trinajstić information content (AvgIpc) is 3.01. The van der Waals surface area contributed by atoms with Crippen LogP contribution in [0, 0.1) is 6.92 Å². The van der Waals surface area contributed by atoms with Crippen LogP contribution in [0.5, 0.6) is 5.75 Å². The van der Waals surface area contributed by atoms with Crippen molar-refractivity contribution in [2.45, 2.75) is 20.0 Å². The molecule has 2 aromatic rings. The fourth-order valence-electron chi connectivity index (χ4n) is 2.50. The van der Waals surface area contributed by atoms with E-state index in [1.54, 1.807) is 12.1 Å². The predicted molar refractivity (Wildman–Crippen MR) is 101 cm³/mol. The summed E-state index contributed by atoms with van der Waals surface area (Å²) in [5, 5.41) is 7.69. The lowest BCUT2D eigenvalue weighted by Gasteiger charge is -2.14. The van der Waals surface area contributed by atoms with Crippen LogP contribution < -0.4 is 15.4 Å². The van der Waals surface area contributed by atoms with E-state index in [1.165, 1.54) is 16.9 Å². The summed E-state index contributed by atoms with van der Waals surface area (Å²) in [5.41, 5.74) is 2.00. The molecule has 1 amide bonds. The highest BCUT2D eigenvalue weighted by Crippen LogP contribution is 2.21. The van der Waals surface area contributed by atoms with Crippen LogP contribution in [0.3, 0.4) is 0 Å². The molecule has 1 aliphatic rings. The molecule has 0 bridgehead atoms. The van der Waals surface area contributed by atoms with Gasteiger partial charge < -0.3 is 15.4 Å². The van der Waals surface area contributed by atoms with Gasteiger partial charge in [0.05, 0.1) is 5.69 Å². The Bertz CT molecular complexity index is 771. The zero-order chi connectivity index (χ0) is 17.6. The number of benzene rings is 1. The van der Waals surface area contributed by atoms with Gasteiger partial charge in [0.2, 0.25) is 0 Å². The second kappa shape index (κ2) is 8.47. The van der Waals surface area contributed by atoms with Crippen molar-refractivity contribution in [3.8, 4) is 5.75 Å². The second-order valence-corrected chi connectivity index (χ2v) is 7.28. The summed E-state index contributed by atoms with van der Waals surface area (Å²) in [6, 6.07) is 7.17. The number of carbonyl (C=O) groups is 1. The zero-order valence-electron chi connectivity index (χ0n) is 14.0. The molecule has 5 nitrogen and oxygen atoms in total. The minimum absolute atomic E-state index is 0.0767. The number of carbonyl (C=O) groups excluding carboxylic acids is 1. The first kappa shape index (κ1) is 17.9. The normalized spacial score (nSPS) is 14.1. The molecule has 0 saturated carbocycles. The standard InChI is InChI=1S/C18H20ClN3O2S/c1-12-17(18(23)21-10-13-6-8-20-9-7-13)25-16(22-12)11-24-15-4-2-14(19)3-5-15/h2-6,20H,7-11H2,1H3,(H,21,23). The second-order valence-electron chi connectivity index (χ2n) is 5.76. The van der Waals surface area contributed by atoms with Gasteiger partial charge in [-0.15, -0.1) is 11.3 Å². The van der Waals surface area contributed by atoms with Gasteiger partial charge in [-0.2, -0.15) is 0 Å². The van der Waals surface area contributed by atoms with Crippen LogP contribution in [0.2, 0.25) is 5.02 Å². The average molecular weight is 378 g/mol. The van der Waals surface area contributed by atoms with E-state index < -0.39 is 0 Å². The van der Waals surface area contributed by atoms with E-state index >= 15 is 0 Å². The highest BCUT2D eigenvalue weighted by atomic mass is 35.5. The Balaban J connectivity index is 1.56. The zero-order valence-corrected chi connectivity index (χ0v) is 15.5. The third-order valence-electron chi connectivity index (χ3n) is 3.86. The van der Waals surface area contributed by atoms with Crippen LogP contribution in [-0.2, 0) is 6.61 Å². The van der Waals surface area contributed by atoms with Gasteiger partial charge in [-0.25, -0.2) is 4.98 Å². The summed E-state index contributed by atoms with van der Waals surface area (Å²) < 4.78 is 5.69. The number of hydrogen-bond donors (Lipinski definition) is 2. The molecule has 1 aliphatic heterocycles. The number of thiazole rings is 1. The molecule has 132 valence electrons. The molecule has 25 heavy (non-hydrogen) atoms. The van der Waals surface area contributed by atoms with Gasteiger partial charge in [-0.05, 0) is 44.2 Å². The Kier molecular flexibility index (Phi) is 6.07. The van der Waals surface area contributed by atoms with Gasteiger partial charge in [0.1, 0.15) is 22.2 Å². The molecule has 0 unspecified atom stereocenters. The van der Waals surface area contributed by atoms with Crippen molar-refractivity contribution in [3.05, 3.63) is 56.5 Å². The molecule has 0 fully saturated rings. The van der Waals surface area contributed by atoms with Gasteiger partial charge in [-0.1, -0.05) is 23.3 Å². The van der Waals surface area contributed by atoms with Crippen LogP contribution in [0.1, 0.15) is 26.8 Å². The van der Waals surface area contributed by atoms with Gasteiger partial charge in [0.25, 0.3) is 5.91 Å². The molecule has 2 N–H and O–H groups in total. The first-order valence-corrected chi connectivity index (χ1v) is 9.33. The topological polar surface area (TPSA) is 63.2 Å². The molecule has 0 atom stereocenters. The fourth-order valence-corrected chi connectivity index (χ4v) is 3.53. The smallest absolute Gasteiger partial charge is 0.263 e. The van der Waals surface area contributed by atoms with Crippen LogP contribution in [0.15, 0.2) is 35.9 Å². The van der Waals surface area contributed by atoms with Crippen LogP contribution in [0.4, 0.5) is 0 Å². The number of nitrogens with one attached hydrogen (secondary N) is 2. The monoisotopic (exact) mass is 377 g/mol. The Morgan fingerprint density at radius 1 is 1.40 bits per heavy atom. The van der Waals surface area contributed by atoms with Crippen molar-refractivity contribution >= 4 is 28.8 Å². The number of ether oxygens (including phenoxy) is 1. The molecule has 7 heteroatoms. The Morgan fingerprint density at radius 3 is 2.92 bits per heavy atom. The van der Waals surface area contributed by atoms with Crippen molar-refractivity contribution in [3.63, 3.8) is 0 Å². The Hall–Kier alpha value is -1.89. The minimum atomic E-state index is -0.0767. The largest absolute Gasteiger partial charge is 0.486 e. The number of aromatic nitrogens is 1. The highest BCUT2D eigenvalue weighted by Gasteiger charge is 2.16. The van der Waals surface area contributed by atoms with Crippen molar-refractivity contribution < 1.29 is 9.53 Å². The third kappa shape index (κ3) is 5.04. The van der Waals surface area contributed by atoms with E-state index in [0.29, 0.717) is 23.1 Å². The van der Waals surface area contributed by atoms with Gasteiger partial charge in [0, 0.05) is 18.1 Å². The molecule has 0 radical (unpaired) electrons. The maximum absolute atomic E-state index is 12.4. The molecule has 0 saturated heterocycles. The van der Waals surface area contributed by atoms with E-state index in [2.05, 4.69) is 21.7 Å². The lowest BCUT2D eigenvalue weighted by Crippen LogP contribution is -2.29. The fraction of sp³-hybridized carbons (Fsp3) is 0.333. The number of halogens is 1. The third-order valence-corrected chi connectivity index (χ3v) is 5.24. The minimum Gasteiger partial charge on any atom is -0.486 e. The molecule has 2 heterocycles. The molecular formula is C18H20ClN3O2S. The molecule has 1 aromatic carbocycles. The predicted octanol–water partition coefficient (Wildman–Crippen LogP) is 3.33. The molecular weight excluding hydrogens is 358 g/mol. The highest BCUT2D eigenvalue weighted by molar-refractivity contribution is 7.13. The van der Waals surface area contributed by atoms with Crippen LogP contribution in [0.25, 0.3) is 0 Å².